The smallest absolute Gasteiger partial charge is 0.271 e. The number of nitrogens with zero attached hydrogens (tertiary/aromatic N) is 2. The number of nitro groups is 1. The number of nitrogens with one attached hydrogen (secondary N) is 1. The van der Waals surface area contributed by atoms with Gasteiger partial charge in [0.05, 0.1) is 10.6 Å². The predicted octanol–water partition coefficient (Wildman–Crippen LogP) is 3.31. The van der Waals surface area contributed by atoms with Crippen molar-refractivity contribution in [1.29, 1.82) is 0 Å². The molecule has 2 aromatic rings. The molecule has 0 aliphatic rings. The number of non-ortho nitro benzene ring substituents is 1. The highest BCUT2D eigenvalue weighted by Crippen LogP contribution is 2.14. The van der Waals surface area contributed by atoms with Crippen LogP contribution in [0.1, 0.15) is 22.8 Å². The number of carbonyl (C=O) groups excluding carboxylic acids is 1. The van der Waals surface area contributed by atoms with Gasteiger partial charge in [-0.25, -0.2) is 5.43 Å². The second-order valence-corrected chi connectivity index (χ2v) is 5.07. The van der Waals surface area contributed by atoms with Crippen molar-refractivity contribution in [2.45, 2.75) is 6.92 Å². The highest BCUT2D eigenvalue weighted by atomic mass is 16.6. The van der Waals surface area contributed by atoms with Gasteiger partial charge >= 0.3 is 0 Å². The van der Waals surface area contributed by atoms with Crippen LogP contribution in [0, 0.1) is 10.1 Å². The van der Waals surface area contributed by atoms with E-state index in [2.05, 4.69) is 17.1 Å². The van der Waals surface area contributed by atoms with Crippen LogP contribution in [-0.4, -0.2) is 23.1 Å². The van der Waals surface area contributed by atoms with Gasteiger partial charge in [-0.2, -0.15) is 5.10 Å². The fourth-order valence-corrected chi connectivity index (χ4v) is 1.97. The third kappa shape index (κ3) is 5.00. The van der Waals surface area contributed by atoms with Gasteiger partial charge < -0.3 is 4.74 Å². The van der Waals surface area contributed by atoms with E-state index in [4.69, 9.17) is 4.74 Å². The van der Waals surface area contributed by atoms with E-state index in [9.17, 15) is 14.9 Å². The quantitative estimate of drug-likeness (QED) is 0.362. The first-order valence-corrected chi connectivity index (χ1v) is 7.44. The van der Waals surface area contributed by atoms with Crippen LogP contribution in [0.5, 0.6) is 5.75 Å². The highest BCUT2D eigenvalue weighted by molar-refractivity contribution is 6.01. The number of benzene rings is 2. The number of hydrazone groups is 1. The van der Waals surface area contributed by atoms with Crippen molar-refractivity contribution < 1.29 is 14.5 Å². The molecular formula is C18H17N3O4. The van der Waals surface area contributed by atoms with Crippen LogP contribution < -0.4 is 10.2 Å². The summed E-state index contributed by atoms with van der Waals surface area (Å²) in [6.07, 6.45) is 1.63. The molecule has 0 heterocycles. The molecule has 0 unspecified atom stereocenters. The lowest BCUT2D eigenvalue weighted by Gasteiger charge is -2.05. The Kier molecular flexibility index (Phi) is 6.00. The first-order valence-electron chi connectivity index (χ1n) is 7.44. The van der Waals surface area contributed by atoms with Gasteiger partial charge in [-0.3, -0.25) is 14.9 Å². The zero-order valence-electron chi connectivity index (χ0n) is 13.6. The molecule has 0 atom stereocenters. The Morgan fingerprint density at radius 1 is 1.28 bits per heavy atom. The van der Waals surface area contributed by atoms with Gasteiger partial charge in [-0.1, -0.05) is 24.8 Å². The molecule has 0 saturated carbocycles. The Labute approximate surface area is 144 Å². The largest absolute Gasteiger partial charge is 0.490 e. The van der Waals surface area contributed by atoms with Crippen molar-refractivity contribution in [2.75, 3.05) is 6.61 Å². The number of hydrogen-bond donors (Lipinski definition) is 1. The molecule has 0 aliphatic heterocycles. The lowest BCUT2D eigenvalue weighted by Crippen LogP contribution is -2.19. The van der Waals surface area contributed by atoms with E-state index in [1.54, 1.807) is 49.4 Å². The fraction of sp³-hybridized carbons (Fsp3) is 0.111. The first-order chi connectivity index (χ1) is 12.0. The van der Waals surface area contributed by atoms with Gasteiger partial charge in [0.1, 0.15) is 12.4 Å². The van der Waals surface area contributed by atoms with Crippen LogP contribution >= 0.6 is 0 Å². The molecule has 7 heteroatoms. The molecule has 0 aliphatic carbocycles. The Bertz CT molecular complexity index is 813. The van der Waals surface area contributed by atoms with E-state index in [1.807, 2.05) is 0 Å². The Morgan fingerprint density at radius 2 is 2.00 bits per heavy atom. The molecular weight excluding hydrogens is 322 g/mol. The van der Waals surface area contributed by atoms with Gasteiger partial charge in [-0.15, -0.1) is 0 Å². The SMILES string of the molecule is C=CCOc1ccc(C(=O)NN=C(C)c2cccc([N+](=O)[O-])c2)cc1. The number of nitro benzene ring substituents is 1. The number of rotatable bonds is 7. The van der Waals surface area contributed by atoms with Crippen molar-refractivity contribution in [1.82, 2.24) is 5.43 Å². The van der Waals surface area contributed by atoms with E-state index in [-0.39, 0.29) is 11.6 Å². The third-order valence-electron chi connectivity index (χ3n) is 3.28. The van der Waals surface area contributed by atoms with Gasteiger partial charge in [0.2, 0.25) is 0 Å². The van der Waals surface area contributed by atoms with Crippen molar-refractivity contribution in [3.05, 3.63) is 82.4 Å². The van der Waals surface area contributed by atoms with E-state index in [1.165, 1.54) is 12.1 Å². The summed E-state index contributed by atoms with van der Waals surface area (Å²) in [5.74, 6) is 0.243. The monoisotopic (exact) mass is 339 g/mol. The summed E-state index contributed by atoms with van der Waals surface area (Å²) in [4.78, 5) is 22.4. The Balaban J connectivity index is 2.04. The van der Waals surface area contributed by atoms with Crippen LogP contribution in [0.4, 0.5) is 5.69 Å². The molecule has 0 fully saturated rings. The molecule has 1 N–H and O–H groups in total. The van der Waals surface area contributed by atoms with Crippen LogP contribution in [0.25, 0.3) is 0 Å². The zero-order valence-corrected chi connectivity index (χ0v) is 13.6. The molecule has 128 valence electrons. The van der Waals surface area contributed by atoms with Crippen LogP contribution in [-0.2, 0) is 0 Å². The minimum atomic E-state index is -0.481. The molecule has 7 nitrogen and oxygen atoms in total. The van der Waals surface area contributed by atoms with Gasteiger partial charge in [-0.05, 0) is 31.2 Å². The summed E-state index contributed by atoms with van der Waals surface area (Å²) >= 11 is 0. The molecule has 2 rings (SSSR count). The minimum absolute atomic E-state index is 0.0338. The second-order valence-electron chi connectivity index (χ2n) is 5.07. The summed E-state index contributed by atoms with van der Waals surface area (Å²) in [6, 6.07) is 12.6. The Hall–Kier alpha value is -3.48. The van der Waals surface area contributed by atoms with Crippen LogP contribution in [0.2, 0.25) is 0 Å². The summed E-state index contributed by atoms with van der Waals surface area (Å²) in [7, 11) is 0. The molecule has 0 radical (unpaired) electrons. The predicted molar refractivity (Wildman–Crippen MR) is 94.9 cm³/mol. The maximum absolute atomic E-state index is 12.1. The van der Waals surface area contributed by atoms with Gasteiger partial charge in [0.15, 0.2) is 0 Å². The summed E-state index contributed by atoms with van der Waals surface area (Å²) in [5, 5.41) is 14.8. The van der Waals surface area contributed by atoms with E-state index < -0.39 is 4.92 Å². The topological polar surface area (TPSA) is 93.8 Å². The maximum Gasteiger partial charge on any atom is 0.271 e. The number of ether oxygens (including phenoxy) is 1. The minimum Gasteiger partial charge on any atom is -0.490 e. The van der Waals surface area contributed by atoms with Gasteiger partial charge in [0, 0.05) is 23.3 Å². The van der Waals surface area contributed by atoms with E-state index in [0.29, 0.717) is 29.2 Å². The van der Waals surface area contributed by atoms with Gasteiger partial charge in [0.25, 0.3) is 11.6 Å². The van der Waals surface area contributed by atoms with Crippen molar-refractivity contribution in [3.8, 4) is 5.75 Å². The van der Waals surface area contributed by atoms with Crippen molar-refractivity contribution in [2.24, 2.45) is 5.10 Å². The summed E-state index contributed by atoms with van der Waals surface area (Å²) in [5.41, 5.74) is 3.83. The highest BCUT2D eigenvalue weighted by Gasteiger charge is 2.09. The number of hydrogen-bond acceptors (Lipinski definition) is 5. The van der Waals surface area contributed by atoms with E-state index in [0.717, 1.165) is 0 Å². The average Bonchev–Trinajstić information content (AvgIpc) is 2.64. The zero-order chi connectivity index (χ0) is 18.2. The van der Waals surface area contributed by atoms with Crippen molar-refractivity contribution in [3.63, 3.8) is 0 Å². The standard InChI is InChI=1S/C18H17N3O4/c1-3-11-25-17-9-7-14(8-10-17)18(22)20-19-13(2)15-5-4-6-16(12-15)21(23)24/h3-10,12H,1,11H2,2H3,(H,20,22). The number of amides is 1. The maximum atomic E-state index is 12.1. The van der Waals surface area contributed by atoms with Crippen molar-refractivity contribution >= 4 is 17.3 Å². The second kappa shape index (κ2) is 8.39. The molecule has 1 amide bonds. The molecule has 0 spiro atoms. The average molecular weight is 339 g/mol. The van der Waals surface area contributed by atoms with Crippen LogP contribution in [0.3, 0.4) is 0 Å². The Morgan fingerprint density at radius 3 is 2.64 bits per heavy atom. The number of carbonyl (C=O) groups is 1. The summed E-state index contributed by atoms with van der Waals surface area (Å²) in [6.45, 7) is 5.61. The third-order valence-corrected chi connectivity index (χ3v) is 3.28. The fourth-order valence-electron chi connectivity index (χ4n) is 1.97. The molecule has 25 heavy (non-hydrogen) atoms. The summed E-state index contributed by atoms with van der Waals surface area (Å²) < 4.78 is 5.34. The molecule has 0 saturated heterocycles. The first kappa shape index (κ1) is 17.9. The molecule has 0 bridgehead atoms. The molecule has 0 aromatic heterocycles. The normalized spacial score (nSPS) is 10.8. The van der Waals surface area contributed by atoms with E-state index >= 15 is 0 Å². The lowest BCUT2D eigenvalue weighted by atomic mass is 10.1. The molecule has 2 aromatic carbocycles. The lowest BCUT2D eigenvalue weighted by molar-refractivity contribution is -0.384. The van der Waals surface area contributed by atoms with Crippen LogP contribution in [0.15, 0.2) is 66.3 Å².